The standard InChI is InChI=1S/C9H9NO2/c1-6-3-8(12-2)4-7(5-10)9(6)11/h3-4,11H,1-2H3. The number of phenols is 1. The molecule has 1 aromatic carbocycles. The van der Waals surface area contributed by atoms with Crippen LogP contribution in [0.3, 0.4) is 0 Å². The summed E-state index contributed by atoms with van der Waals surface area (Å²) < 4.78 is 4.93. The molecule has 0 saturated heterocycles. The van der Waals surface area contributed by atoms with Crippen molar-refractivity contribution in [2.45, 2.75) is 6.92 Å². The van der Waals surface area contributed by atoms with Crippen LogP contribution in [0.4, 0.5) is 0 Å². The van der Waals surface area contributed by atoms with Crippen molar-refractivity contribution < 1.29 is 9.84 Å². The summed E-state index contributed by atoms with van der Waals surface area (Å²) in [7, 11) is 1.52. The fourth-order valence-electron chi connectivity index (χ4n) is 0.950. The molecule has 0 unspecified atom stereocenters. The van der Waals surface area contributed by atoms with Crippen LogP contribution in [-0.2, 0) is 0 Å². The third-order valence-electron chi connectivity index (χ3n) is 1.63. The SMILES string of the molecule is COc1cc(C)c(O)c(C#N)c1. The lowest BCUT2D eigenvalue weighted by Gasteiger charge is -2.04. The van der Waals surface area contributed by atoms with Crippen LogP contribution in [0.25, 0.3) is 0 Å². The van der Waals surface area contributed by atoms with Gasteiger partial charge in [0.2, 0.25) is 0 Å². The zero-order valence-corrected chi connectivity index (χ0v) is 6.96. The van der Waals surface area contributed by atoms with Crippen molar-refractivity contribution in [1.82, 2.24) is 0 Å². The molecule has 0 aliphatic rings. The van der Waals surface area contributed by atoms with Gasteiger partial charge in [-0.25, -0.2) is 0 Å². The third kappa shape index (κ3) is 1.32. The molecular weight excluding hydrogens is 154 g/mol. The van der Waals surface area contributed by atoms with E-state index in [-0.39, 0.29) is 11.3 Å². The zero-order valence-electron chi connectivity index (χ0n) is 6.96. The van der Waals surface area contributed by atoms with Gasteiger partial charge in [-0.15, -0.1) is 0 Å². The predicted molar refractivity (Wildman–Crippen MR) is 44.1 cm³/mol. The van der Waals surface area contributed by atoms with Crippen molar-refractivity contribution in [3.05, 3.63) is 23.3 Å². The maximum atomic E-state index is 9.34. The average molecular weight is 163 g/mol. The molecule has 12 heavy (non-hydrogen) atoms. The smallest absolute Gasteiger partial charge is 0.136 e. The van der Waals surface area contributed by atoms with E-state index in [0.29, 0.717) is 11.3 Å². The average Bonchev–Trinajstić information content (AvgIpc) is 2.09. The van der Waals surface area contributed by atoms with E-state index in [2.05, 4.69) is 0 Å². The van der Waals surface area contributed by atoms with Gasteiger partial charge in [0.25, 0.3) is 0 Å². The Kier molecular flexibility index (Phi) is 2.20. The Morgan fingerprint density at radius 3 is 2.67 bits per heavy atom. The van der Waals surface area contributed by atoms with Crippen molar-refractivity contribution in [2.24, 2.45) is 0 Å². The van der Waals surface area contributed by atoms with Gasteiger partial charge in [-0.05, 0) is 18.6 Å². The number of hydrogen-bond donors (Lipinski definition) is 1. The minimum absolute atomic E-state index is 0.0262. The lowest BCUT2D eigenvalue weighted by molar-refractivity contribution is 0.411. The molecule has 0 bridgehead atoms. The molecule has 0 heterocycles. The summed E-state index contributed by atoms with van der Waals surface area (Å²) in [5.74, 6) is 0.611. The topological polar surface area (TPSA) is 53.2 Å². The van der Waals surface area contributed by atoms with Gasteiger partial charge < -0.3 is 9.84 Å². The third-order valence-corrected chi connectivity index (χ3v) is 1.63. The highest BCUT2D eigenvalue weighted by Crippen LogP contribution is 2.26. The van der Waals surface area contributed by atoms with Crippen molar-refractivity contribution >= 4 is 0 Å². The largest absolute Gasteiger partial charge is 0.506 e. The highest BCUT2D eigenvalue weighted by molar-refractivity contribution is 5.51. The molecule has 0 fully saturated rings. The van der Waals surface area contributed by atoms with Crippen LogP contribution in [0.5, 0.6) is 11.5 Å². The summed E-state index contributed by atoms with van der Waals surface area (Å²) in [6, 6.07) is 5.06. The van der Waals surface area contributed by atoms with Crippen LogP contribution in [0.15, 0.2) is 12.1 Å². The van der Waals surface area contributed by atoms with Gasteiger partial charge in [-0.1, -0.05) is 0 Å². The van der Waals surface area contributed by atoms with Crippen molar-refractivity contribution in [1.29, 1.82) is 5.26 Å². The molecule has 0 amide bonds. The Hall–Kier alpha value is -1.69. The summed E-state index contributed by atoms with van der Waals surface area (Å²) in [4.78, 5) is 0. The Morgan fingerprint density at radius 1 is 1.50 bits per heavy atom. The first-order valence-electron chi connectivity index (χ1n) is 3.46. The lowest BCUT2D eigenvalue weighted by Crippen LogP contribution is -1.87. The van der Waals surface area contributed by atoms with E-state index in [4.69, 9.17) is 10.00 Å². The molecule has 1 aromatic rings. The van der Waals surface area contributed by atoms with Gasteiger partial charge in [-0.2, -0.15) is 5.26 Å². The number of benzene rings is 1. The fourth-order valence-corrected chi connectivity index (χ4v) is 0.950. The molecular formula is C9H9NO2. The molecule has 0 atom stereocenters. The van der Waals surface area contributed by atoms with E-state index < -0.39 is 0 Å². The molecule has 0 aromatic heterocycles. The number of aromatic hydroxyl groups is 1. The van der Waals surface area contributed by atoms with Gasteiger partial charge in [0.05, 0.1) is 12.7 Å². The Bertz CT molecular complexity index is 339. The van der Waals surface area contributed by atoms with Gasteiger partial charge in [0.15, 0.2) is 0 Å². The summed E-state index contributed by atoms with van der Waals surface area (Å²) in [5.41, 5.74) is 0.887. The van der Waals surface area contributed by atoms with Gasteiger partial charge in [0.1, 0.15) is 17.6 Å². The van der Waals surface area contributed by atoms with E-state index in [1.165, 1.54) is 13.2 Å². The Labute approximate surface area is 70.8 Å². The first-order valence-corrected chi connectivity index (χ1v) is 3.46. The number of aryl methyl sites for hydroxylation is 1. The van der Waals surface area contributed by atoms with Gasteiger partial charge in [0, 0.05) is 6.07 Å². The van der Waals surface area contributed by atoms with E-state index >= 15 is 0 Å². The Balaban J connectivity index is 3.31. The maximum absolute atomic E-state index is 9.34. The van der Waals surface area contributed by atoms with E-state index in [0.717, 1.165) is 0 Å². The highest BCUT2D eigenvalue weighted by Gasteiger charge is 2.05. The molecule has 0 radical (unpaired) electrons. The quantitative estimate of drug-likeness (QED) is 0.683. The van der Waals surface area contributed by atoms with Gasteiger partial charge in [-0.3, -0.25) is 0 Å². The predicted octanol–water partition coefficient (Wildman–Crippen LogP) is 1.58. The van der Waals surface area contributed by atoms with Gasteiger partial charge >= 0.3 is 0 Å². The summed E-state index contributed by atoms with van der Waals surface area (Å²) in [6.45, 7) is 1.72. The second-order valence-corrected chi connectivity index (χ2v) is 2.45. The molecule has 0 aliphatic heterocycles. The number of rotatable bonds is 1. The van der Waals surface area contributed by atoms with Crippen molar-refractivity contribution in [2.75, 3.05) is 7.11 Å². The molecule has 3 heteroatoms. The monoisotopic (exact) mass is 163 g/mol. The zero-order chi connectivity index (χ0) is 9.14. The number of methoxy groups -OCH3 is 1. The maximum Gasteiger partial charge on any atom is 0.136 e. The van der Waals surface area contributed by atoms with Crippen molar-refractivity contribution in [3.8, 4) is 17.6 Å². The summed E-state index contributed by atoms with van der Waals surface area (Å²) >= 11 is 0. The van der Waals surface area contributed by atoms with Crippen LogP contribution < -0.4 is 4.74 Å². The Morgan fingerprint density at radius 2 is 2.17 bits per heavy atom. The van der Waals surface area contributed by atoms with Crippen LogP contribution >= 0.6 is 0 Å². The second kappa shape index (κ2) is 3.14. The normalized spacial score (nSPS) is 9.08. The van der Waals surface area contributed by atoms with Crippen LogP contribution in [0, 0.1) is 18.3 Å². The first kappa shape index (κ1) is 8.41. The fraction of sp³-hybridized carbons (Fsp3) is 0.222. The minimum atomic E-state index is 0.0262. The van der Waals surface area contributed by atoms with Crippen LogP contribution in [0.2, 0.25) is 0 Å². The number of hydrogen-bond acceptors (Lipinski definition) is 3. The molecule has 1 rings (SSSR count). The number of nitrogens with zero attached hydrogens (tertiary/aromatic N) is 1. The summed E-state index contributed by atoms with van der Waals surface area (Å²) in [5, 5.41) is 17.9. The molecule has 0 aliphatic carbocycles. The molecule has 0 saturated carbocycles. The molecule has 3 nitrogen and oxygen atoms in total. The molecule has 62 valence electrons. The lowest BCUT2D eigenvalue weighted by atomic mass is 10.1. The molecule has 0 spiro atoms. The van der Waals surface area contributed by atoms with Crippen LogP contribution in [0.1, 0.15) is 11.1 Å². The van der Waals surface area contributed by atoms with E-state index in [1.54, 1.807) is 13.0 Å². The van der Waals surface area contributed by atoms with Crippen LogP contribution in [-0.4, -0.2) is 12.2 Å². The van der Waals surface area contributed by atoms with E-state index in [9.17, 15) is 5.11 Å². The van der Waals surface area contributed by atoms with E-state index in [1.807, 2.05) is 6.07 Å². The summed E-state index contributed by atoms with van der Waals surface area (Å²) in [6.07, 6.45) is 0. The highest BCUT2D eigenvalue weighted by atomic mass is 16.5. The number of ether oxygens (including phenoxy) is 1. The molecule has 1 N–H and O–H groups in total. The number of phenolic OH excluding ortho intramolecular Hbond substituents is 1. The van der Waals surface area contributed by atoms with Crippen molar-refractivity contribution in [3.63, 3.8) is 0 Å². The second-order valence-electron chi connectivity index (χ2n) is 2.45. The minimum Gasteiger partial charge on any atom is -0.506 e. The first-order chi connectivity index (χ1) is 5.69. The number of nitriles is 1.